The van der Waals surface area contributed by atoms with E-state index in [2.05, 4.69) is 5.32 Å². The molecule has 1 aromatic heterocycles. The third kappa shape index (κ3) is 5.19. The molecule has 0 aliphatic carbocycles. The van der Waals surface area contributed by atoms with Crippen LogP contribution in [0.25, 0.3) is 0 Å². The summed E-state index contributed by atoms with van der Waals surface area (Å²) in [6.45, 7) is 0.156. The highest BCUT2D eigenvalue weighted by molar-refractivity contribution is 7.92. The number of rotatable bonds is 7. The predicted molar refractivity (Wildman–Crippen MR) is 94.6 cm³/mol. The van der Waals surface area contributed by atoms with Crippen LogP contribution in [0.15, 0.2) is 35.7 Å². The molecule has 0 aliphatic rings. The molecule has 2 rings (SSSR count). The number of anilines is 1. The van der Waals surface area contributed by atoms with E-state index in [9.17, 15) is 17.6 Å². The molecule has 1 amide bonds. The Balaban J connectivity index is 1.99. The molecular weight excluding hydrogens is 375 g/mol. The minimum atomic E-state index is -3.59. The van der Waals surface area contributed by atoms with Crippen LogP contribution >= 0.6 is 22.9 Å². The van der Waals surface area contributed by atoms with Crippen molar-refractivity contribution in [2.24, 2.45) is 0 Å². The third-order valence-electron chi connectivity index (χ3n) is 3.14. The average molecular weight is 391 g/mol. The van der Waals surface area contributed by atoms with Gasteiger partial charge in [-0.25, -0.2) is 12.8 Å². The smallest absolute Gasteiger partial charge is 0.232 e. The second kappa shape index (κ2) is 7.96. The summed E-state index contributed by atoms with van der Waals surface area (Å²) in [5.74, 6) is -0.818. The first-order chi connectivity index (χ1) is 11.3. The topological polar surface area (TPSA) is 66.5 Å². The molecule has 1 N–H and O–H groups in total. The highest BCUT2D eigenvalue weighted by Gasteiger charge is 2.18. The molecule has 24 heavy (non-hydrogen) atoms. The van der Waals surface area contributed by atoms with Gasteiger partial charge in [-0.3, -0.25) is 9.10 Å². The van der Waals surface area contributed by atoms with Gasteiger partial charge in [0.1, 0.15) is 5.82 Å². The zero-order valence-corrected chi connectivity index (χ0v) is 15.2. The fourth-order valence-corrected chi connectivity index (χ4v) is 3.86. The summed E-state index contributed by atoms with van der Waals surface area (Å²) in [6.07, 6.45) is 1.29. The zero-order chi connectivity index (χ0) is 17.7. The minimum absolute atomic E-state index is 0.0248. The molecule has 0 atom stereocenters. The van der Waals surface area contributed by atoms with Crippen LogP contribution in [0, 0.1) is 5.82 Å². The number of thiophene rings is 1. The number of benzene rings is 1. The quantitative estimate of drug-likeness (QED) is 0.790. The number of sulfonamides is 1. The van der Waals surface area contributed by atoms with Crippen molar-refractivity contribution in [3.63, 3.8) is 0 Å². The van der Waals surface area contributed by atoms with E-state index in [1.807, 2.05) is 17.5 Å². The van der Waals surface area contributed by atoms with E-state index in [4.69, 9.17) is 11.6 Å². The minimum Gasteiger partial charge on any atom is -0.354 e. The maximum Gasteiger partial charge on any atom is 0.232 e. The van der Waals surface area contributed by atoms with Gasteiger partial charge < -0.3 is 5.32 Å². The lowest BCUT2D eigenvalue weighted by atomic mass is 10.3. The lowest BCUT2D eigenvalue weighted by Crippen LogP contribution is -2.38. The van der Waals surface area contributed by atoms with Crippen LogP contribution in [0.5, 0.6) is 0 Å². The van der Waals surface area contributed by atoms with Gasteiger partial charge in [-0.05, 0) is 29.6 Å². The van der Waals surface area contributed by atoms with Gasteiger partial charge in [0.25, 0.3) is 0 Å². The van der Waals surface area contributed by atoms with Gasteiger partial charge >= 0.3 is 0 Å². The fraction of sp³-hybridized carbons (Fsp3) is 0.267. The second-order valence-electron chi connectivity index (χ2n) is 5.04. The maximum atomic E-state index is 13.2. The first-order valence-corrected chi connectivity index (χ1v) is 10.1. The largest absolute Gasteiger partial charge is 0.354 e. The Kier molecular flexibility index (Phi) is 6.20. The molecule has 0 bridgehead atoms. The summed E-state index contributed by atoms with van der Waals surface area (Å²) < 4.78 is 38.2. The first-order valence-electron chi connectivity index (χ1n) is 6.99. The average Bonchev–Trinajstić information content (AvgIpc) is 2.98. The Hall–Kier alpha value is -1.64. The molecule has 2 aromatic rings. The number of carbonyl (C=O) groups is 1. The summed E-state index contributed by atoms with van der Waals surface area (Å²) in [7, 11) is -3.59. The molecule has 5 nitrogen and oxygen atoms in total. The number of nitrogens with zero attached hydrogens (tertiary/aromatic N) is 1. The molecule has 0 unspecified atom stereocenters. The van der Waals surface area contributed by atoms with Crippen LogP contribution in [0.2, 0.25) is 5.02 Å². The van der Waals surface area contributed by atoms with E-state index in [1.54, 1.807) is 0 Å². The van der Waals surface area contributed by atoms with Gasteiger partial charge in [0.15, 0.2) is 0 Å². The van der Waals surface area contributed by atoms with E-state index in [-0.39, 0.29) is 36.1 Å². The van der Waals surface area contributed by atoms with Gasteiger partial charge in [-0.2, -0.15) is 0 Å². The fourth-order valence-electron chi connectivity index (χ4n) is 2.06. The molecule has 1 aromatic carbocycles. The molecule has 1 heterocycles. The summed E-state index contributed by atoms with van der Waals surface area (Å²) >= 11 is 7.18. The van der Waals surface area contributed by atoms with E-state index < -0.39 is 15.8 Å². The van der Waals surface area contributed by atoms with E-state index in [1.165, 1.54) is 23.5 Å². The Bertz CT molecular complexity index is 810. The van der Waals surface area contributed by atoms with Crippen molar-refractivity contribution in [2.75, 3.05) is 23.7 Å². The highest BCUT2D eigenvalue weighted by Crippen LogP contribution is 2.24. The number of nitrogens with one attached hydrogen (secondary N) is 1. The van der Waals surface area contributed by atoms with Gasteiger partial charge in [-0.1, -0.05) is 17.7 Å². The third-order valence-corrected chi connectivity index (χ3v) is 5.50. The zero-order valence-electron chi connectivity index (χ0n) is 12.8. The van der Waals surface area contributed by atoms with Crippen molar-refractivity contribution in [1.29, 1.82) is 0 Å². The van der Waals surface area contributed by atoms with Crippen molar-refractivity contribution in [2.45, 2.75) is 6.42 Å². The number of amides is 1. The highest BCUT2D eigenvalue weighted by atomic mass is 35.5. The predicted octanol–water partition coefficient (Wildman–Crippen LogP) is 2.67. The van der Waals surface area contributed by atoms with Gasteiger partial charge in [0.2, 0.25) is 15.9 Å². The number of carbonyl (C=O) groups excluding carboxylic acids is 1. The van der Waals surface area contributed by atoms with Crippen LogP contribution in [0.3, 0.4) is 0 Å². The lowest BCUT2D eigenvalue weighted by molar-refractivity contribution is -0.120. The summed E-state index contributed by atoms with van der Waals surface area (Å²) in [5.41, 5.74) is 0.247. The maximum absolute atomic E-state index is 13.2. The molecule has 0 radical (unpaired) electrons. The summed E-state index contributed by atoms with van der Waals surface area (Å²) in [4.78, 5) is 12.8. The SMILES string of the molecule is CS(=O)(=O)N(CCNC(=O)Cc1cccs1)c1ccc(F)c(Cl)c1. The standard InChI is InChI=1S/C15H16ClFN2O3S2/c1-24(21,22)19(11-4-5-14(17)13(16)9-11)7-6-18-15(20)10-12-3-2-8-23-12/h2-5,8-9H,6-7,10H2,1H3,(H,18,20). The van der Waals surface area contributed by atoms with Crippen molar-refractivity contribution in [1.82, 2.24) is 5.32 Å². The molecule has 0 aliphatic heterocycles. The summed E-state index contributed by atoms with van der Waals surface area (Å²) in [5, 5.41) is 4.39. The lowest BCUT2D eigenvalue weighted by Gasteiger charge is -2.22. The molecule has 0 fully saturated rings. The van der Waals surface area contributed by atoms with Crippen LogP contribution in [-0.4, -0.2) is 33.7 Å². The van der Waals surface area contributed by atoms with Crippen LogP contribution < -0.4 is 9.62 Å². The molecule has 130 valence electrons. The second-order valence-corrected chi connectivity index (χ2v) is 8.39. The van der Waals surface area contributed by atoms with Crippen molar-refractivity contribution < 1.29 is 17.6 Å². The normalized spacial score (nSPS) is 11.3. The first kappa shape index (κ1) is 18.7. The van der Waals surface area contributed by atoms with Crippen molar-refractivity contribution in [3.05, 3.63) is 51.4 Å². The van der Waals surface area contributed by atoms with E-state index in [0.29, 0.717) is 0 Å². The Morgan fingerprint density at radius 3 is 2.71 bits per heavy atom. The Labute approximate surface area is 149 Å². The number of halogens is 2. The Morgan fingerprint density at radius 2 is 2.12 bits per heavy atom. The monoisotopic (exact) mass is 390 g/mol. The molecule has 9 heteroatoms. The van der Waals surface area contributed by atoms with E-state index in [0.717, 1.165) is 21.5 Å². The number of hydrogen-bond donors (Lipinski definition) is 1. The Morgan fingerprint density at radius 1 is 1.38 bits per heavy atom. The molecule has 0 saturated heterocycles. The summed E-state index contributed by atoms with van der Waals surface area (Å²) in [6, 6.07) is 7.39. The van der Waals surface area contributed by atoms with Gasteiger partial charge in [0, 0.05) is 11.4 Å². The van der Waals surface area contributed by atoms with Gasteiger partial charge in [0.05, 0.1) is 29.9 Å². The van der Waals surface area contributed by atoms with Crippen LogP contribution in [0.1, 0.15) is 4.88 Å². The number of hydrogen-bond acceptors (Lipinski definition) is 4. The molecule has 0 spiro atoms. The van der Waals surface area contributed by atoms with Crippen molar-refractivity contribution in [3.8, 4) is 0 Å². The van der Waals surface area contributed by atoms with Crippen molar-refractivity contribution >= 4 is 44.6 Å². The molecular formula is C15H16ClFN2O3S2. The van der Waals surface area contributed by atoms with Gasteiger partial charge in [-0.15, -0.1) is 11.3 Å². The van der Waals surface area contributed by atoms with Crippen LogP contribution in [-0.2, 0) is 21.2 Å². The van der Waals surface area contributed by atoms with Crippen LogP contribution in [0.4, 0.5) is 10.1 Å². The molecule has 0 saturated carbocycles. The van der Waals surface area contributed by atoms with E-state index >= 15 is 0 Å².